The quantitative estimate of drug-likeness (QED) is 0.181. The number of rotatable bonds is 15. The predicted molar refractivity (Wildman–Crippen MR) is 114 cm³/mol. The van der Waals surface area contributed by atoms with E-state index in [4.69, 9.17) is 22.8 Å². The smallest absolute Gasteiger partial charge is 0.493 e. The average Bonchev–Trinajstić information content (AvgIpc) is 2.72. The van der Waals surface area contributed by atoms with Crippen LogP contribution in [-0.2, 0) is 22.8 Å². The molecule has 8 heteroatoms. The van der Waals surface area contributed by atoms with Crippen LogP contribution in [0.2, 0.25) is 6.04 Å². The third-order valence-electron chi connectivity index (χ3n) is 4.03. The molecule has 0 heterocycles. The highest BCUT2D eigenvalue weighted by Gasteiger charge is 2.39. The molecule has 164 valence electrons. The third kappa shape index (κ3) is 8.99. The molecule has 0 saturated carbocycles. The lowest BCUT2D eigenvalue weighted by atomic mass is 10.2. The predicted octanol–water partition coefficient (Wildman–Crippen LogP) is 4.09. The van der Waals surface area contributed by atoms with Crippen molar-refractivity contribution in [3.05, 3.63) is 29.8 Å². The zero-order chi connectivity index (χ0) is 21.5. The van der Waals surface area contributed by atoms with Gasteiger partial charge in [-0.3, -0.25) is 0 Å². The molecule has 0 unspecified atom stereocenters. The summed E-state index contributed by atoms with van der Waals surface area (Å²) in [6.45, 7) is 8.11. The second-order valence-corrected chi connectivity index (χ2v) is 8.79. The number of carbonyl (C=O) groups is 1. The summed E-state index contributed by atoms with van der Waals surface area (Å²) in [6, 6.07) is 6.24. The molecule has 0 spiro atoms. The molecule has 0 saturated heterocycles. The van der Waals surface area contributed by atoms with Gasteiger partial charge in [0.25, 0.3) is 0 Å². The second-order valence-electron chi connectivity index (χ2n) is 6.05. The Balaban J connectivity index is 2.63. The van der Waals surface area contributed by atoms with Crippen LogP contribution in [0.25, 0.3) is 6.08 Å². The van der Waals surface area contributed by atoms with E-state index in [1.54, 1.807) is 13.2 Å². The Kier molecular flexibility index (Phi) is 12.3. The van der Waals surface area contributed by atoms with E-state index in [1.807, 2.05) is 39.0 Å². The van der Waals surface area contributed by atoms with Gasteiger partial charge in [0.1, 0.15) is 0 Å². The lowest BCUT2D eigenvalue weighted by molar-refractivity contribution is -0.134. The Labute approximate surface area is 175 Å². The Hall–Kier alpha value is -1.87. The highest BCUT2D eigenvalue weighted by molar-refractivity contribution is 6.60. The standard InChI is InChI=1S/C21H34O7Si/c1-6-26-29(27-7-2,28-8-3)16-10-9-15-25-20-17-18(11-13-19(20)23-4)12-14-21(22)24-5/h11-14,17H,6-10,15-16H2,1-5H3. The van der Waals surface area contributed by atoms with Crippen molar-refractivity contribution in [3.63, 3.8) is 0 Å². The van der Waals surface area contributed by atoms with Crippen molar-refractivity contribution in [3.8, 4) is 11.5 Å². The zero-order valence-corrected chi connectivity index (χ0v) is 19.2. The largest absolute Gasteiger partial charge is 0.500 e. The Morgan fingerprint density at radius 1 is 0.966 bits per heavy atom. The van der Waals surface area contributed by atoms with Crippen LogP contribution in [0.15, 0.2) is 24.3 Å². The van der Waals surface area contributed by atoms with Crippen molar-refractivity contribution >= 4 is 20.8 Å². The Morgan fingerprint density at radius 3 is 2.17 bits per heavy atom. The maximum Gasteiger partial charge on any atom is 0.500 e. The lowest BCUT2D eigenvalue weighted by Crippen LogP contribution is -2.45. The molecule has 7 nitrogen and oxygen atoms in total. The first-order chi connectivity index (χ1) is 14.0. The molecule has 0 atom stereocenters. The maximum absolute atomic E-state index is 11.3. The minimum atomic E-state index is -2.61. The van der Waals surface area contributed by atoms with Gasteiger partial charge in [0.15, 0.2) is 11.5 Å². The van der Waals surface area contributed by atoms with E-state index in [0.717, 1.165) is 24.4 Å². The summed E-state index contributed by atoms with van der Waals surface area (Å²) >= 11 is 0. The maximum atomic E-state index is 11.3. The van der Waals surface area contributed by atoms with Crippen LogP contribution >= 0.6 is 0 Å². The fraction of sp³-hybridized carbons (Fsp3) is 0.571. The highest BCUT2D eigenvalue weighted by atomic mass is 28.4. The topological polar surface area (TPSA) is 72.5 Å². The van der Waals surface area contributed by atoms with Crippen molar-refractivity contribution in [2.45, 2.75) is 39.7 Å². The molecule has 0 aliphatic carbocycles. The highest BCUT2D eigenvalue weighted by Crippen LogP contribution is 2.29. The number of methoxy groups -OCH3 is 2. The van der Waals surface area contributed by atoms with E-state index in [9.17, 15) is 4.79 Å². The fourth-order valence-electron chi connectivity index (χ4n) is 2.77. The normalized spacial score (nSPS) is 11.6. The summed E-state index contributed by atoms with van der Waals surface area (Å²) in [5.74, 6) is 0.859. The summed E-state index contributed by atoms with van der Waals surface area (Å²) in [7, 11) is 0.328. The zero-order valence-electron chi connectivity index (χ0n) is 18.2. The van der Waals surface area contributed by atoms with Crippen LogP contribution in [0.1, 0.15) is 39.2 Å². The van der Waals surface area contributed by atoms with Gasteiger partial charge >= 0.3 is 14.8 Å². The van der Waals surface area contributed by atoms with Gasteiger partial charge in [0.05, 0.1) is 20.8 Å². The summed E-state index contributed by atoms with van der Waals surface area (Å²) in [6.07, 6.45) is 4.74. The van der Waals surface area contributed by atoms with Crippen LogP contribution in [0, 0.1) is 0 Å². The van der Waals surface area contributed by atoms with Gasteiger partial charge < -0.3 is 27.5 Å². The lowest BCUT2D eigenvalue weighted by Gasteiger charge is -2.28. The first kappa shape index (κ1) is 25.2. The summed E-state index contributed by atoms with van der Waals surface area (Å²) in [5.41, 5.74) is 0.821. The molecule has 0 radical (unpaired) electrons. The molecule has 1 aromatic carbocycles. The molecule has 0 aliphatic rings. The second kappa shape index (κ2) is 14.2. The number of esters is 1. The van der Waals surface area contributed by atoms with Gasteiger partial charge in [-0.05, 0) is 57.4 Å². The van der Waals surface area contributed by atoms with Crippen LogP contribution in [0.5, 0.6) is 11.5 Å². The molecule has 0 N–H and O–H groups in total. The van der Waals surface area contributed by atoms with E-state index in [2.05, 4.69) is 4.74 Å². The first-order valence-electron chi connectivity index (χ1n) is 10.0. The van der Waals surface area contributed by atoms with E-state index < -0.39 is 14.8 Å². The van der Waals surface area contributed by atoms with E-state index in [0.29, 0.717) is 37.9 Å². The summed E-state index contributed by atoms with van der Waals surface area (Å²) < 4.78 is 33.5. The molecule has 0 aromatic heterocycles. The molecule has 0 bridgehead atoms. The van der Waals surface area contributed by atoms with Crippen LogP contribution in [0.4, 0.5) is 0 Å². The molecular weight excluding hydrogens is 392 g/mol. The summed E-state index contributed by atoms with van der Waals surface area (Å²) in [4.78, 5) is 11.3. The van der Waals surface area contributed by atoms with Crippen molar-refractivity contribution in [2.75, 3.05) is 40.6 Å². The number of hydrogen-bond donors (Lipinski definition) is 0. The van der Waals surface area contributed by atoms with Crippen molar-refractivity contribution in [1.82, 2.24) is 0 Å². The number of benzene rings is 1. The van der Waals surface area contributed by atoms with Gasteiger partial charge in [-0.25, -0.2) is 4.79 Å². The van der Waals surface area contributed by atoms with Gasteiger partial charge in [-0.1, -0.05) is 6.07 Å². The Bertz CT molecular complexity index is 616. The van der Waals surface area contributed by atoms with Gasteiger partial charge in [0, 0.05) is 31.9 Å². The minimum Gasteiger partial charge on any atom is -0.493 e. The molecule has 1 rings (SSSR count). The third-order valence-corrected chi connectivity index (χ3v) is 7.18. The number of ether oxygens (including phenoxy) is 3. The van der Waals surface area contributed by atoms with Gasteiger partial charge in [-0.2, -0.15) is 0 Å². The monoisotopic (exact) mass is 426 g/mol. The van der Waals surface area contributed by atoms with E-state index in [-0.39, 0.29) is 0 Å². The summed E-state index contributed by atoms with van der Waals surface area (Å²) in [5, 5.41) is 0. The SMILES string of the molecule is CCO[Si](CCCCOc1cc(C=CC(=O)OC)ccc1OC)(OCC)OCC. The molecule has 0 aliphatic heterocycles. The molecular formula is C21H34O7Si. The first-order valence-corrected chi connectivity index (χ1v) is 12.0. The molecule has 29 heavy (non-hydrogen) atoms. The Morgan fingerprint density at radius 2 is 1.62 bits per heavy atom. The number of carbonyl (C=O) groups excluding carboxylic acids is 1. The molecule has 0 amide bonds. The van der Waals surface area contributed by atoms with Crippen LogP contribution in [-0.4, -0.2) is 55.4 Å². The van der Waals surface area contributed by atoms with Gasteiger partial charge in [-0.15, -0.1) is 0 Å². The fourth-order valence-corrected chi connectivity index (χ4v) is 5.45. The number of hydrogen-bond acceptors (Lipinski definition) is 7. The van der Waals surface area contributed by atoms with E-state index >= 15 is 0 Å². The average molecular weight is 427 g/mol. The van der Waals surface area contributed by atoms with Crippen LogP contribution < -0.4 is 9.47 Å². The molecule has 1 aromatic rings. The van der Waals surface area contributed by atoms with Crippen LogP contribution in [0.3, 0.4) is 0 Å². The van der Waals surface area contributed by atoms with Crippen molar-refractivity contribution in [1.29, 1.82) is 0 Å². The molecule has 0 fully saturated rings. The van der Waals surface area contributed by atoms with Crippen molar-refractivity contribution in [2.24, 2.45) is 0 Å². The van der Waals surface area contributed by atoms with Crippen molar-refractivity contribution < 1.29 is 32.3 Å². The minimum absolute atomic E-state index is 0.408. The number of unbranched alkanes of at least 4 members (excludes halogenated alkanes) is 1. The van der Waals surface area contributed by atoms with Gasteiger partial charge in [0.2, 0.25) is 0 Å². The van der Waals surface area contributed by atoms with E-state index in [1.165, 1.54) is 13.2 Å².